The highest BCUT2D eigenvalue weighted by Crippen LogP contribution is 2.63. The van der Waals surface area contributed by atoms with Gasteiger partial charge in [-0.05, 0) is 59.2 Å². The highest BCUT2D eigenvalue weighted by molar-refractivity contribution is 7.30. The van der Waals surface area contributed by atoms with Gasteiger partial charge in [-0.2, -0.15) is 0 Å². The van der Waals surface area contributed by atoms with Crippen LogP contribution in [0.15, 0.2) is 35.0 Å². The van der Waals surface area contributed by atoms with Crippen LogP contribution in [0.25, 0.3) is 29.3 Å². The van der Waals surface area contributed by atoms with Gasteiger partial charge in [-0.15, -0.1) is 45.3 Å². The second kappa shape index (κ2) is 16.1. The molecule has 0 fully saturated rings. The lowest BCUT2D eigenvalue weighted by atomic mass is 10.2. The molecule has 4 radical (unpaired) electrons. The van der Waals surface area contributed by atoms with Crippen molar-refractivity contribution in [3.05, 3.63) is 35.0 Å². The Morgan fingerprint density at radius 1 is 0.593 bits per heavy atom. The quantitative estimate of drug-likeness (QED) is 0.147. The summed E-state index contributed by atoms with van der Waals surface area (Å²) in [5.41, 5.74) is 6.18. The van der Waals surface area contributed by atoms with Gasteiger partial charge in [-0.25, -0.2) is 0 Å². The number of thiophene rings is 4. The Labute approximate surface area is 356 Å². The molecule has 6 heterocycles. The van der Waals surface area contributed by atoms with E-state index in [-0.39, 0.29) is 0 Å². The van der Waals surface area contributed by atoms with Gasteiger partial charge >= 0.3 is 0 Å². The maximum absolute atomic E-state index is 4.53. The summed E-state index contributed by atoms with van der Waals surface area (Å²) >= 11 is 8.17. The van der Waals surface area contributed by atoms with Crippen LogP contribution >= 0.6 is 45.3 Å². The third-order valence-corrected chi connectivity index (χ3v) is 43.8. The Hall–Kier alpha value is -0.265. The van der Waals surface area contributed by atoms with E-state index in [1.54, 1.807) is 11.4 Å². The number of nitrogens with one attached hydrogen (secondary N) is 2. The highest BCUT2D eigenvalue weighted by atomic mass is 32.1. The van der Waals surface area contributed by atoms with Gasteiger partial charge in [0, 0.05) is 28.8 Å². The Morgan fingerprint density at radius 3 is 1.28 bits per heavy atom. The molecule has 0 bridgehead atoms. The lowest BCUT2D eigenvalue weighted by Crippen LogP contribution is -2.64. The van der Waals surface area contributed by atoms with Gasteiger partial charge in [0.05, 0.1) is 42.3 Å². The van der Waals surface area contributed by atoms with Crippen LogP contribution < -0.4 is 18.4 Å². The second-order valence-corrected chi connectivity index (χ2v) is 54.1. The first-order valence-electron chi connectivity index (χ1n) is 20.0. The molecular weight excluding hydrogens is 865 g/mol. The van der Waals surface area contributed by atoms with Crippen molar-refractivity contribution in [1.82, 2.24) is 0 Å². The standard InChI is InChI=1S/C38H66N4S4Si8/c1-47-21-23-51(7,8)41-33-31(39-49(3,4)25-27-53(41,11)12)37(45-35(33)29-17-15-19-43-29)38-32-34(36(46-38)30-18-16-20-44-30)42(52(9,10)24-22-48-2)54(13,14)28-26-50(5,6)40-32/h15-20,39-40H,21-28H2,1-14H3. The zero-order chi connectivity index (χ0) is 39.5. The van der Waals surface area contributed by atoms with E-state index in [4.69, 9.17) is 0 Å². The summed E-state index contributed by atoms with van der Waals surface area (Å²) in [7, 11) is -8.84. The molecule has 2 aliphatic rings. The third kappa shape index (κ3) is 8.70. The van der Waals surface area contributed by atoms with Crippen LogP contribution in [0.5, 0.6) is 0 Å². The summed E-state index contributed by atoms with van der Waals surface area (Å²) in [6, 6.07) is 20.3. The van der Waals surface area contributed by atoms with Crippen LogP contribution in [0.3, 0.4) is 0 Å². The fraction of sp³-hybridized carbons (Fsp3) is 0.579. The molecular formula is C38H66N4S4Si8. The van der Waals surface area contributed by atoms with Crippen LogP contribution in [0, 0.1) is 0 Å². The minimum Gasteiger partial charge on any atom is -0.421 e. The third-order valence-electron chi connectivity index (χ3n) is 12.0. The number of rotatable bonds is 11. The first kappa shape index (κ1) is 43.3. The Bertz CT molecular complexity index is 1760. The van der Waals surface area contributed by atoms with Crippen molar-refractivity contribution in [2.45, 2.75) is 140 Å². The van der Waals surface area contributed by atoms with Crippen molar-refractivity contribution < 1.29 is 0 Å². The Morgan fingerprint density at radius 2 is 0.963 bits per heavy atom. The zero-order valence-corrected chi connectivity index (χ0v) is 46.9. The summed E-state index contributed by atoms with van der Waals surface area (Å²) in [6.45, 7) is 37.1. The molecule has 4 nitrogen and oxygen atoms in total. The van der Waals surface area contributed by atoms with Crippen LogP contribution in [0.4, 0.5) is 22.7 Å². The largest absolute Gasteiger partial charge is 0.421 e. The molecule has 0 amide bonds. The van der Waals surface area contributed by atoms with Gasteiger partial charge in [0.1, 0.15) is 49.4 Å². The monoisotopic (exact) mass is 930 g/mol. The smallest absolute Gasteiger partial charge is 0.147 e. The van der Waals surface area contributed by atoms with Crippen molar-refractivity contribution in [2.24, 2.45) is 0 Å². The van der Waals surface area contributed by atoms with Crippen LogP contribution in [0.1, 0.15) is 0 Å². The molecule has 2 aliphatic heterocycles. The second-order valence-electron chi connectivity index (χ2n) is 19.6. The van der Waals surface area contributed by atoms with Gasteiger partial charge in [-0.1, -0.05) is 116 Å². The SMILES string of the molecule is C[Si]CC[Si](C)(C)N1c2c(-c3cccs3)sc(-c3sc(-c4cccs4)c4c3N[Si](C)(C)CC[Si](C)(C)N4[Si](C)(C)CC[Si]C)c2N[Si](C)(C)CC[Si]1(C)C. The highest BCUT2D eigenvalue weighted by Gasteiger charge is 2.50. The molecule has 4 aromatic rings. The fourth-order valence-electron chi connectivity index (χ4n) is 9.17. The van der Waals surface area contributed by atoms with E-state index >= 15 is 0 Å². The Balaban J connectivity index is 1.76. The van der Waals surface area contributed by atoms with E-state index in [1.165, 1.54) is 89.0 Å². The summed E-state index contributed by atoms with van der Waals surface area (Å²) < 4.78 is 6.41. The summed E-state index contributed by atoms with van der Waals surface area (Å²) in [5.74, 6) is 0. The zero-order valence-electron chi connectivity index (χ0n) is 35.6. The van der Waals surface area contributed by atoms with Crippen LogP contribution in [-0.2, 0) is 0 Å². The van der Waals surface area contributed by atoms with E-state index in [0.29, 0.717) is 0 Å². The van der Waals surface area contributed by atoms with Crippen molar-refractivity contribution in [3.63, 3.8) is 0 Å². The minimum absolute atomic E-state index is 1.02. The maximum atomic E-state index is 4.53. The van der Waals surface area contributed by atoms with Crippen molar-refractivity contribution in [3.8, 4) is 29.3 Å². The topological polar surface area (TPSA) is 30.5 Å². The number of nitrogens with zero attached hydrogens (tertiary/aromatic N) is 2. The number of fused-ring (bicyclic) bond motifs is 2. The molecule has 0 atom stereocenters. The molecule has 6 rings (SSSR count). The van der Waals surface area contributed by atoms with Gasteiger partial charge in [-0.3, -0.25) is 0 Å². The molecule has 54 heavy (non-hydrogen) atoms. The lowest BCUT2D eigenvalue weighted by molar-refractivity contribution is 1.18. The van der Waals surface area contributed by atoms with E-state index < -0.39 is 49.4 Å². The molecule has 4 aromatic heterocycles. The van der Waals surface area contributed by atoms with Gasteiger partial charge in [0.2, 0.25) is 0 Å². The van der Waals surface area contributed by atoms with Gasteiger partial charge in [0.15, 0.2) is 0 Å². The van der Waals surface area contributed by atoms with Crippen molar-refractivity contribution in [1.29, 1.82) is 0 Å². The average Bonchev–Trinajstić information content (AvgIpc) is 3.89. The molecule has 0 saturated heterocycles. The molecule has 2 N–H and O–H groups in total. The van der Waals surface area contributed by atoms with E-state index in [9.17, 15) is 0 Å². The van der Waals surface area contributed by atoms with Gasteiger partial charge < -0.3 is 18.4 Å². The first-order valence-corrected chi connectivity index (χ1v) is 45.9. The molecule has 0 saturated carbocycles. The van der Waals surface area contributed by atoms with Gasteiger partial charge in [0.25, 0.3) is 0 Å². The predicted molar refractivity (Wildman–Crippen MR) is 273 cm³/mol. The number of hydrogen-bond donors (Lipinski definition) is 2. The molecule has 0 aromatic carbocycles. The normalized spacial score (nSPS) is 19.5. The van der Waals surface area contributed by atoms with Crippen molar-refractivity contribution in [2.75, 3.05) is 18.4 Å². The molecule has 16 heteroatoms. The fourth-order valence-corrected chi connectivity index (χ4v) is 51.5. The van der Waals surface area contributed by atoms with Crippen LogP contribution in [-0.4, -0.2) is 68.5 Å². The average molecular weight is 932 g/mol. The molecule has 0 aliphatic carbocycles. The van der Waals surface area contributed by atoms with E-state index in [2.05, 4.69) is 168 Å². The summed E-state index contributed by atoms with van der Waals surface area (Å²) in [6.07, 6.45) is 0. The molecule has 0 unspecified atom stereocenters. The minimum atomic E-state index is -1.83. The molecule has 294 valence electrons. The predicted octanol–water partition coefficient (Wildman–Crippen LogP) is 15.0. The first-order chi connectivity index (χ1) is 25.1. The van der Waals surface area contributed by atoms with Crippen molar-refractivity contribution >= 4 is 137 Å². The van der Waals surface area contributed by atoms with E-state index in [1.807, 2.05) is 22.7 Å². The number of hydrogen-bond acceptors (Lipinski definition) is 8. The van der Waals surface area contributed by atoms with Crippen LogP contribution in [0.2, 0.25) is 140 Å². The number of anilines is 4. The summed E-state index contributed by atoms with van der Waals surface area (Å²) in [5, 5.41) is 4.62. The van der Waals surface area contributed by atoms with E-state index in [0.717, 1.165) is 19.0 Å². The summed E-state index contributed by atoms with van der Waals surface area (Å²) in [4.78, 5) is 18.0. The Kier molecular flexibility index (Phi) is 12.9. The molecule has 0 spiro atoms. The lowest BCUT2D eigenvalue weighted by Gasteiger charge is -2.52. The maximum Gasteiger partial charge on any atom is 0.147 e.